The lowest BCUT2D eigenvalue weighted by molar-refractivity contribution is -0.384. The van der Waals surface area contributed by atoms with Crippen molar-refractivity contribution in [2.75, 3.05) is 0 Å². The summed E-state index contributed by atoms with van der Waals surface area (Å²) in [7, 11) is 0. The van der Waals surface area contributed by atoms with E-state index in [0.29, 0.717) is 0 Å². The van der Waals surface area contributed by atoms with Crippen molar-refractivity contribution in [3.8, 4) is 0 Å². The van der Waals surface area contributed by atoms with E-state index in [9.17, 15) is 24.8 Å². The van der Waals surface area contributed by atoms with Crippen LogP contribution in [0, 0.1) is 16.0 Å². The molecule has 0 spiro atoms. The van der Waals surface area contributed by atoms with Crippen LogP contribution in [0.5, 0.6) is 0 Å². The van der Waals surface area contributed by atoms with Gasteiger partial charge in [0.1, 0.15) is 0 Å². The first-order chi connectivity index (χ1) is 8.82. The molecule has 1 aromatic rings. The lowest BCUT2D eigenvalue weighted by Gasteiger charge is -2.23. The predicted octanol–water partition coefficient (Wildman–Crippen LogP) is 0.0991. The minimum Gasteiger partial charge on any atom is -0.548 e. The lowest BCUT2D eigenvalue weighted by atomic mass is 10.0. The molecule has 0 aliphatic rings. The summed E-state index contributed by atoms with van der Waals surface area (Å²) in [5.41, 5.74) is -0.205. The van der Waals surface area contributed by atoms with Crippen molar-refractivity contribution in [1.29, 1.82) is 0 Å². The Morgan fingerprint density at radius 3 is 2.42 bits per heavy atom. The normalized spacial score (nSPS) is 11.9. The van der Waals surface area contributed by atoms with Gasteiger partial charge in [-0.05, 0) is 12.0 Å². The van der Waals surface area contributed by atoms with Gasteiger partial charge in [0.25, 0.3) is 11.6 Å². The summed E-state index contributed by atoms with van der Waals surface area (Å²) in [5, 5.41) is 23.7. The van der Waals surface area contributed by atoms with E-state index < -0.39 is 22.8 Å². The van der Waals surface area contributed by atoms with Crippen LogP contribution in [0.15, 0.2) is 24.3 Å². The maximum Gasteiger partial charge on any atom is 0.270 e. The number of aliphatic carboxylic acids is 1. The molecular formula is C12H13N2O5-. The number of nitrogens with zero attached hydrogens (tertiary/aromatic N) is 1. The molecule has 7 nitrogen and oxygen atoms in total. The van der Waals surface area contributed by atoms with Gasteiger partial charge < -0.3 is 15.2 Å². The third-order valence-corrected chi connectivity index (χ3v) is 2.53. The number of carboxylic acid groups (broad SMARTS) is 1. The van der Waals surface area contributed by atoms with Gasteiger partial charge in [-0.15, -0.1) is 0 Å². The van der Waals surface area contributed by atoms with Crippen molar-refractivity contribution in [3.63, 3.8) is 0 Å². The van der Waals surface area contributed by atoms with E-state index >= 15 is 0 Å². The summed E-state index contributed by atoms with van der Waals surface area (Å²) < 4.78 is 0. The van der Waals surface area contributed by atoms with Gasteiger partial charge >= 0.3 is 0 Å². The van der Waals surface area contributed by atoms with Crippen LogP contribution in [-0.2, 0) is 4.79 Å². The average molecular weight is 265 g/mol. The number of hydrogen-bond acceptors (Lipinski definition) is 5. The van der Waals surface area contributed by atoms with Gasteiger partial charge in [0.15, 0.2) is 0 Å². The quantitative estimate of drug-likeness (QED) is 0.599. The number of rotatable bonds is 5. The number of carbonyl (C=O) groups is 2. The number of non-ortho nitro benzene ring substituents is 1. The fourth-order valence-corrected chi connectivity index (χ4v) is 1.48. The van der Waals surface area contributed by atoms with Crippen molar-refractivity contribution >= 4 is 17.6 Å². The van der Waals surface area contributed by atoms with Crippen molar-refractivity contribution in [3.05, 3.63) is 39.9 Å². The summed E-state index contributed by atoms with van der Waals surface area (Å²) in [6.45, 7) is 3.24. The minimum absolute atomic E-state index is 0.0288. The van der Waals surface area contributed by atoms with Crippen molar-refractivity contribution in [1.82, 2.24) is 5.32 Å². The molecule has 7 heteroatoms. The Morgan fingerprint density at radius 1 is 1.32 bits per heavy atom. The van der Waals surface area contributed by atoms with Gasteiger partial charge in [-0.25, -0.2) is 0 Å². The van der Waals surface area contributed by atoms with Crippen LogP contribution in [0.2, 0.25) is 0 Å². The average Bonchev–Trinajstić information content (AvgIpc) is 2.34. The zero-order valence-corrected chi connectivity index (χ0v) is 10.5. The standard InChI is InChI=1S/C12H14N2O5/c1-7(2)10(12(16)17)13-11(15)8-4-3-5-9(6-8)14(18)19/h3-7,10H,1-2H3,(H,13,15)(H,16,17)/p-1/t10-/m1/s1. The number of amides is 1. The molecule has 0 aromatic heterocycles. The van der Waals surface area contributed by atoms with Gasteiger partial charge in [0.2, 0.25) is 0 Å². The molecule has 0 fully saturated rings. The number of hydrogen-bond donors (Lipinski definition) is 1. The van der Waals surface area contributed by atoms with Crippen LogP contribution in [0.1, 0.15) is 24.2 Å². The molecule has 0 aliphatic carbocycles. The molecule has 0 bridgehead atoms. The molecule has 1 N–H and O–H groups in total. The molecule has 19 heavy (non-hydrogen) atoms. The Morgan fingerprint density at radius 2 is 1.95 bits per heavy atom. The van der Waals surface area contributed by atoms with Gasteiger partial charge in [-0.2, -0.15) is 0 Å². The summed E-state index contributed by atoms with van der Waals surface area (Å²) in [6.07, 6.45) is 0. The van der Waals surface area contributed by atoms with Crippen LogP contribution in [0.4, 0.5) is 5.69 Å². The maximum atomic E-state index is 11.8. The molecular weight excluding hydrogens is 252 g/mol. The lowest BCUT2D eigenvalue weighted by Crippen LogP contribution is -2.50. The third kappa shape index (κ3) is 3.77. The first-order valence-corrected chi connectivity index (χ1v) is 5.59. The molecule has 0 aliphatic heterocycles. The fourth-order valence-electron chi connectivity index (χ4n) is 1.48. The zero-order valence-electron chi connectivity index (χ0n) is 10.5. The first kappa shape index (κ1) is 14.6. The van der Waals surface area contributed by atoms with Crippen LogP contribution < -0.4 is 10.4 Å². The van der Waals surface area contributed by atoms with E-state index in [1.807, 2.05) is 0 Å². The SMILES string of the molecule is CC(C)[C@@H](NC(=O)c1cccc([N+](=O)[O-])c1)C(=O)[O-]. The Hall–Kier alpha value is -2.44. The predicted molar refractivity (Wildman–Crippen MR) is 64.2 cm³/mol. The number of nitro groups is 1. The molecule has 1 atom stereocenters. The highest BCUT2D eigenvalue weighted by molar-refractivity contribution is 5.96. The van der Waals surface area contributed by atoms with Crippen LogP contribution in [0.3, 0.4) is 0 Å². The highest BCUT2D eigenvalue weighted by atomic mass is 16.6. The van der Waals surface area contributed by atoms with Crippen LogP contribution in [-0.4, -0.2) is 22.8 Å². The van der Waals surface area contributed by atoms with E-state index in [4.69, 9.17) is 0 Å². The number of carboxylic acids is 1. The molecule has 0 saturated carbocycles. The number of benzene rings is 1. The Kier molecular flexibility index (Phi) is 4.57. The highest BCUT2D eigenvalue weighted by Crippen LogP contribution is 2.13. The van der Waals surface area contributed by atoms with Gasteiger partial charge in [-0.1, -0.05) is 19.9 Å². The third-order valence-electron chi connectivity index (χ3n) is 2.53. The summed E-state index contributed by atoms with van der Waals surface area (Å²) >= 11 is 0. The molecule has 0 saturated heterocycles. The van der Waals surface area contributed by atoms with Crippen molar-refractivity contribution in [2.24, 2.45) is 5.92 Å². The monoisotopic (exact) mass is 265 g/mol. The molecule has 1 amide bonds. The summed E-state index contributed by atoms with van der Waals surface area (Å²) in [6, 6.07) is 3.91. The smallest absolute Gasteiger partial charge is 0.270 e. The number of nitro benzene ring substituents is 1. The van der Waals surface area contributed by atoms with E-state index in [1.54, 1.807) is 13.8 Å². The Balaban J connectivity index is 2.91. The van der Waals surface area contributed by atoms with E-state index in [1.165, 1.54) is 18.2 Å². The van der Waals surface area contributed by atoms with Crippen LogP contribution in [0.25, 0.3) is 0 Å². The highest BCUT2D eigenvalue weighted by Gasteiger charge is 2.19. The second-order valence-corrected chi connectivity index (χ2v) is 4.32. The molecule has 0 heterocycles. The molecule has 0 radical (unpaired) electrons. The molecule has 0 unspecified atom stereocenters. The van der Waals surface area contributed by atoms with Crippen LogP contribution >= 0.6 is 0 Å². The zero-order chi connectivity index (χ0) is 14.6. The van der Waals surface area contributed by atoms with Gasteiger partial charge in [0, 0.05) is 17.7 Å². The fraction of sp³-hybridized carbons (Fsp3) is 0.333. The largest absolute Gasteiger partial charge is 0.548 e. The maximum absolute atomic E-state index is 11.8. The van der Waals surface area contributed by atoms with E-state index in [-0.39, 0.29) is 17.2 Å². The molecule has 1 aromatic carbocycles. The van der Waals surface area contributed by atoms with E-state index in [2.05, 4.69) is 5.32 Å². The van der Waals surface area contributed by atoms with Gasteiger partial charge in [-0.3, -0.25) is 14.9 Å². The first-order valence-electron chi connectivity index (χ1n) is 5.59. The van der Waals surface area contributed by atoms with E-state index in [0.717, 1.165) is 6.07 Å². The number of carbonyl (C=O) groups excluding carboxylic acids is 2. The molecule has 102 valence electrons. The second-order valence-electron chi connectivity index (χ2n) is 4.32. The van der Waals surface area contributed by atoms with Crippen molar-refractivity contribution in [2.45, 2.75) is 19.9 Å². The van der Waals surface area contributed by atoms with Gasteiger partial charge in [0.05, 0.1) is 16.9 Å². The summed E-state index contributed by atoms with van der Waals surface area (Å²) in [4.78, 5) is 32.6. The number of nitrogens with one attached hydrogen (secondary N) is 1. The topological polar surface area (TPSA) is 112 Å². The Labute approximate surface area is 109 Å². The second kappa shape index (κ2) is 5.94. The molecule has 1 rings (SSSR count). The summed E-state index contributed by atoms with van der Waals surface area (Å²) in [5.74, 6) is -2.44. The minimum atomic E-state index is -1.39. The van der Waals surface area contributed by atoms with Crippen molar-refractivity contribution < 1.29 is 19.6 Å². The Bertz CT molecular complexity index is 513.